The van der Waals surface area contributed by atoms with Gasteiger partial charge in [0.05, 0.1) is 5.75 Å². The minimum atomic E-state index is -3.53. The van der Waals surface area contributed by atoms with Crippen molar-refractivity contribution in [3.63, 3.8) is 0 Å². The maximum Gasteiger partial charge on any atom is 0.223 e. The maximum absolute atomic E-state index is 13.0. The van der Waals surface area contributed by atoms with Gasteiger partial charge in [-0.05, 0) is 23.6 Å². The van der Waals surface area contributed by atoms with Crippen LogP contribution in [0.25, 0.3) is 0 Å². The van der Waals surface area contributed by atoms with Crippen LogP contribution in [0.1, 0.15) is 28.4 Å². The third kappa shape index (κ3) is 4.23. The smallest absolute Gasteiger partial charge is 0.223 e. The highest BCUT2D eigenvalue weighted by atomic mass is 32.2. The predicted molar refractivity (Wildman–Crippen MR) is 96.6 cm³/mol. The fourth-order valence-corrected chi connectivity index (χ4v) is 4.58. The van der Waals surface area contributed by atoms with Gasteiger partial charge in [-0.15, -0.1) is 0 Å². The fraction of sp³-hybridized carbons (Fsp3) is 0.316. The van der Waals surface area contributed by atoms with Crippen LogP contribution in [0.4, 0.5) is 0 Å². The molecule has 0 radical (unpaired) electrons. The molecule has 0 saturated carbocycles. The quantitative estimate of drug-likeness (QED) is 0.809. The van der Waals surface area contributed by atoms with Crippen LogP contribution in [0.15, 0.2) is 54.6 Å². The van der Waals surface area contributed by atoms with Gasteiger partial charge in [-0.3, -0.25) is 4.79 Å². The molecular formula is C19H23NO3S. The Kier molecular flexibility index (Phi) is 5.78. The van der Waals surface area contributed by atoms with Crippen molar-refractivity contribution in [3.05, 3.63) is 71.3 Å². The minimum absolute atomic E-state index is 0.00938. The zero-order valence-corrected chi connectivity index (χ0v) is 15.1. The van der Waals surface area contributed by atoms with Gasteiger partial charge in [0, 0.05) is 20.5 Å². The average molecular weight is 345 g/mol. The zero-order valence-electron chi connectivity index (χ0n) is 14.3. The van der Waals surface area contributed by atoms with E-state index < -0.39 is 15.1 Å². The van der Waals surface area contributed by atoms with E-state index in [1.807, 2.05) is 61.5 Å². The first-order chi connectivity index (χ1) is 11.3. The van der Waals surface area contributed by atoms with Crippen molar-refractivity contribution in [1.82, 2.24) is 4.90 Å². The van der Waals surface area contributed by atoms with E-state index in [0.29, 0.717) is 0 Å². The number of benzene rings is 2. The summed E-state index contributed by atoms with van der Waals surface area (Å²) in [7, 11) is -0.267. The number of amides is 1. The van der Waals surface area contributed by atoms with Crippen LogP contribution in [-0.4, -0.2) is 39.1 Å². The first-order valence-electron chi connectivity index (χ1n) is 7.85. The molecule has 0 spiro atoms. The largest absolute Gasteiger partial charge is 0.349 e. The summed E-state index contributed by atoms with van der Waals surface area (Å²) in [6.45, 7) is 1.91. The number of hydrogen-bond acceptors (Lipinski definition) is 3. The molecule has 0 aliphatic heterocycles. The van der Waals surface area contributed by atoms with Crippen molar-refractivity contribution >= 4 is 15.7 Å². The molecule has 128 valence electrons. The molecular weight excluding hydrogens is 322 g/mol. The lowest BCUT2D eigenvalue weighted by Crippen LogP contribution is -2.26. The Hall–Kier alpha value is -2.14. The Bertz CT molecular complexity index is 798. The molecule has 4 nitrogen and oxygen atoms in total. The van der Waals surface area contributed by atoms with Crippen molar-refractivity contribution in [2.45, 2.75) is 18.6 Å². The van der Waals surface area contributed by atoms with E-state index in [1.54, 1.807) is 14.1 Å². The number of carbonyl (C=O) groups is 1. The van der Waals surface area contributed by atoms with Crippen LogP contribution in [0.5, 0.6) is 0 Å². The second-order valence-electron chi connectivity index (χ2n) is 6.05. The molecule has 0 unspecified atom stereocenters. The van der Waals surface area contributed by atoms with Gasteiger partial charge in [0.15, 0.2) is 9.84 Å². The van der Waals surface area contributed by atoms with E-state index in [1.165, 1.54) is 4.90 Å². The number of nitrogens with zero attached hydrogens (tertiary/aromatic N) is 1. The lowest BCUT2D eigenvalue weighted by Gasteiger charge is -2.21. The number of hydrogen-bond donors (Lipinski definition) is 0. The first kappa shape index (κ1) is 18.2. The molecule has 0 saturated heterocycles. The zero-order chi connectivity index (χ0) is 17.7. The normalized spacial score (nSPS) is 12.6. The van der Waals surface area contributed by atoms with E-state index in [-0.39, 0.29) is 18.1 Å². The Labute approximate surface area is 144 Å². The van der Waals surface area contributed by atoms with E-state index in [4.69, 9.17) is 0 Å². The van der Waals surface area contributed by atoms with Crippen molar-refractivity contribution < 1.29 is 13.2 Å². The van der Waals surface area contributed by atoms with Gasteiger partial charge >= 0.3 is 0 Å². The highest BCUT2D eigenvalue weighted by Crippen LogP contribution is 2.33. The molecule has 0 aromatic heterocycles. The summed E-state index contributed by atoms with van der Waals surface area (Å²) in [5, 5.41) is -0.755. The third-order valence-electron chi connectivity index (χ3n) is 4.03. The molecule has 0 aliphatic rings. The van der Waals surface area contributed by atoms with Crippen LogP contribution in [0, 0.1) is 6.92 Å². The Balaban J connectivity index is 2.43. The van der Waals surface area contributed by atoms with Crippen molar-refractivity contribution in [3.8, 4) is 0 Å². The highest BCUT2D eigenvalue weighted by molar-refractivity contribution is 7.91. The first-order valence-corrected chi connectivity index (χ1v) is 9.56. The van der Waals surface area contributed by atoms with E-state index in [0.717, 1.165) is 16.7 Å². The number of aryl methyl sites for hydroxylation is 1. The van der Waals surface area contributed by atoms with E-state index >= 15 is 0 Å². The van der Waals surface area contributed by atoms with Gasteiger partial charge in [-0.1, -0.05) is 54.6 Å². The molecule has 2 rings (SSSR count). The number of carbonyl (C=O) groups excluding carboxylic acids is 1. The van der Waals surface area contributed by atoms with Crippen LogP contribution < -0.4 is 0 Å². The highest BCUT2D eigenvalue weighted by Gasteiger charge is 2.30. The predicted octanol–water partition coefficient (Wildman–Crippen LogP) is 2.98. The van der Waals surface area contributed by atoms with Gasteiger partial charge in [-0.2, -0.15) is 0 Å². The van der Waals surface area contributed by atoms with Crippen LogP contribution >= 0.6 is 0 Å². The van der Waals surface area contributed by atoms with Gasteiger partial charge in [0.1, 0.15) is 5.25 Å². The second-order valence-corrected chi connectivity index (χ2v) is 8.26. The summed E-state index contributed by atoms with van der Waals surface area (Å²) in [5.74, 6) is -0.354. The lowest BCUT2D eigenvalue weighted by molar-refractivity contribution is -0.128. The minimum Gasteiger partial charge on any atom is -0.349 e. The molecule has 2 aromatic carbocycles. The van der Waals surface area contributed by atoms with Gasteiger partial charge in [0.25, 0.3) is 0 Å². The van der Waals surface area contributed by atoms with Gasteiger partial charge < -0.3 is 4.90 Å². The third-order valence-corrected chi connectivity index (χ3v) is 6.05. The Morgan fingerprint density at radius 2 is 1.58 bits per heavy atom. The van der Waals surface area contributed by atoms with Crippen molar-refractivity contribution in [2.75, 3.05) is 19.8 Å². The topological polar surface area (TPSA) is 54.5 Å². The summed E-state index contributed by atoms with van der Waals surface area (Å²) in [6, 6.07) is 16.7. The molecule has 0 fully saturated rings. The molecule has 0 heterocycles. The number of rotatable bonds is 6. The van der Waals surface area contributed by atoms with Crippen LogP contribution in [0.3, 0.4) is 0 Å². The SMILES string of the molecule is Cc1ccccc1[C@H](c1ccccc1)S(=O)(=O)CCC(=O)N(C)C. The standard InChI is InChI=1S/C19H23NO3S/c1-15-9-7-8-12-17(15)19(16-10-5-4-6-11-16)24(22,23)14-13-18(21)20(2)3/h4-12,19H,13-14H2,1-3H3/t19-/m0/s1. The maximum atomic E-state index is 13.0. The fourth-order valence-electron chi connectivity index (χ4n) is 2.66. The molecule has 0 N–H and O–H groups in total. The summed E-state index contributed by atoms with van der Waals surface area (Å²) in [6.07, 6.45) is -0.00938. The Morgan fingerprint density at radius 3 is 2.17 bits per heavy atom. The van der Waals surface area contributed by atoms with Crippen molar-refractivity contribution in [1.29, 1.82) is 0 Å². The summed E-state index contributed by atoms with van der Waals surface area (Å²) in [4.78, 5) is 13.2. The van der Waals surface area contributed by atoms with Crippen LogP contribution in [-0.2, 0) is 14.6 Å². The van der Waals surface area contributed by atoms with E-state index in [9.17, 15) is 13.2 Å². The monoisotopic (exact) mass is 345 g/mol. The molecule has 1 atom stereocenters. The summed E-state index contributed by atoms with van der Waals surface area (Å²) in [5.41, 5.74) is 2.42. The molecule has 0 aliphatic carbocycles. The molecule has 2 aromatic rings. The number of sulfone groups is 1. The van der Waals surface area contributed by atoms with Gasteiger partial charge in [-0.25, -0.2) is 8.42 Å². The van der Waals surface area contributed by atoms with Gasteiger partial charge in [0.2, 0.25) is 5.91 Å². The second kappa shape index (κ2) is 7.62. The molecule has 0 bridgehead atoms. The van der Waals surface area contributed by atoms with Crippen molar-refractivity contribution in [2.24, 2.45) is 0 Å². The molecule has 1 amide bonds. The molecule has 24 heavy (non-hydrogen) atoms. The van der Waals surface area contributed by atoms with E-state index in [2.05, 4.69) is 0 Å². The van der Waals surface area contributed by atoms with Crippen LogP contribution in [0.2, 0.25) is 0 Å². The lowest BCUT2D eigenvalue weighted by atomic mass is 10.0. The summed E-state index contributed by atoms with van der Waals surface area (Å²) < 4.78 is 26.1. The molecule has 5 heteroatoms. The Morgan fingerprint density at radius 1 is 1.00 bits per heavy atom. The summed E-state index contributed by atoms with van der Waals surface area (Å²) >= 11 is 0. The average Bonchev–Trinajstić information content (AvgIpc) is 2.55.